The third-order valence-corrected chi connectivity index (χ3v) is 5.02. The Kier molecular flexibility index (Phi) is 4.43. The van der Waals surface area contributed by atoms with Gasteiger partial charge in [0.25, 0.3) is 0 Å². The highest BCUT2D eigenvalue weighted by molar-refractivity contribution is 6.30. The number of aliphatic imine (C=N–C) groups is 1. The quantitative estimate of drug-likeness (QED) is 0.891. The van der Waals surface area contributed by atoms with E-state index in [-0.39, 0.29) is 29.1 Å². The molecule has 0 saturated carbocycles. The standard InChI is InChI=1S/C17H18ClFN4O2/c18-13-7-10(1-2-14(13)19)8-15-21-16-12(17(24)22-15)9-20-23(16)11-3-5-25-6-4-11/h1-2,7,9,11-12,16H,3-6,8H2,(H,21,22,24). The number of hydrogen-bond acceptors (Lipinski definition) is 5. The Hall–Kier alpha value is -1.99. The lowest BCUT2D eigenvalue weighted by atomic mass is 10.0. The van der Waals surface area contributed by atoms with Crippen molar-refractivity contribution in [3.8, 4) is 0 Å². The molecule has 0 spiro atoms. The second-order valence-electron chi connectivity index (χ2n) is 6.42. The number of rotatable bonds is 3. The number of carbonyl (C=O) groups is 1. The first kappa shape index (κ1) is 16.5. The Morgan fingerprint density at radius 2 is 2.16 bits per heavy atom. The Morgan fingerprint density at radius 1 is 1.36 bits per heavy atom. The third-order valence-electron chi connectivity index (χ3n) is 4.73. The SMILES string of the molecule is O=C1NC(Cc2ccc(F)c(Cl)c2)=NC2C1C=NN2C1CCOCC1. The number of amidine groups is 1. The monoisotopic (exact) mass is 364 g/mol. The average molecular weight is 365 g/mol. The van der Waals surface area contributed by atoms with Gasteiger partial charge >= 0.3 is 0 Å². The molecule has 3 heterocycles. The van der Waals surface area contributed by atoms with Crippen LogP contribution in [0.4, 0.5) is 4.39 Å². The number of hydrazone groups is 1. The van der Waals surface area contributed by atoms with Crippen molar-refractivity contribution in [3.05, 3.63) is 34.6 Å². The van der Waals surface area contributed by atoms with Crippen LogP contribution in [-0.4, -0.2) is 48.4 Å². The van der Waals surface area contributed by atoms with Crippen molar-refractivity contribution in [1.82, 2.24) is 10.3 Å². The number of halogens is 2. The topological polar surface area (TPSA) is 66.3 Å². The van der Waals surface area contributed by atoms with Crippen molar-refractivity contribution in [2.45, 2.75) is 31.5 Å². The van der Waals surface area contributed by atoms with Crippen LogP contribution in [0, 0.1) is 11.7 Å². The van der Waals surface area contributed by atoms with Gasteiger partial charge in [0, 0.05) is 25.8 Å². The molecule has 1 fully saturated rings. The molecule has 0 aliphatic carbocycles. The number of nitrogens with one attached hydrogen (secondary N) is 1. The van der Waals surface area contributed by atoms with E-state index in [1.165, 1.54) is 6.07 Å². The fourth-order valence-corrected chi connectivity index (χ4v) is 3.61. The first-order valence-electron chi connectivity index (χ1n) is 8.33. The predicted molar refractivity (Wildman–Crippen MR) is 92.1 cm³/mol. The molecule has 1 amide bonds. The summed E-state index contributed by atoms with van der Waals surface area (Å²) in [7, 11) is 0. The van der Waals surface area contributed by atoms with Crippen LogP contribution in [0.3, 0.4) is 0 Å². The van der Waals surface area contributed by atoms with Gasteiger partial charge in [0.05, 0.1) is 11.1 Å². The summed E-state index contributed by atoms with van der Waals surface area (Å²) in [6.07, 6.45) is 3.49. The molecule has 1 aromatic rings. The normalized spacial score (nSPS) is 26.4. The molecule has 0 radical (unpaired) electrons. The van der Waals surface area contributed by atoms with Crippen molar-refractivity contribution < 1.29 is 13.9 Å². The molecule has 6 nitrogen and oxygen atoms in total. The molecule has 1 N–H and O–H groups in total. The highest BCUT2D eigenvalue weighted by Gasteiger charge is 2.42. The summed E-state index contributed by atoms with van der Waals surface area (Å²) in [5.41, 5.74) is 0.792. The summed E-state index contributed by atoms with van der Waals surface area (Å²) < 4.78 is 18.7. The van der Waals surface area contributed by atoms with E-state index in [4.69, 9.17) is 21.3 Å². The number of ether oxygens (including phenoxy) is 1. The maximum Gasteiger partial charge on any atom is 0.238 e. The number of hydrogen-bond donors (Lipinski definition) is 1. The first-order chi connectivity index (χ1) is 12.1. The maximum absolute atomic E-state index is 13.3. The molecule has 1 aromatic carbocycles. The van der Waals surface area contributed by atoms with E-state index in [0.717, 1.165) is 18.4 Å². The molecule has 0 bridgehead atoms. The zero-order valence-corrected chi connectivity index (χ0v) is 14.2. The van der Waals surface area contributed by atoms with Crippen LogP contribution in [0.5, 0.6) is 0 Å². The Labute approximate surface area is 149 Å². The van der Waals surface area contributed by atoms with E-state index in [2.05, 4.69) is 10.4 Å². The molecule has 25 heavy (non-hydrogen) atoms. The van der Waals surface area contributed by atoms with E-state index in [0.29, 0.717) is 25.5 Å². The summed E-state index contributed by atoms with van der Waals surface area (Å²) in [5, 5.41) is 9.26. The first-order valence-corrected chi connectivity index (χ1v) is 8.71. The molecule has 1 saturated heterocycles. The Morgan fingerprint density at radius 3 is 2.92 bits per heavy atom. The van der Waals surface area contributed by atoms with Crippen LogP contribution in [0.15, 0.2) is 28.3 Å². The summed E-state index contributed by atoms with van der Waals surface area (Å²) in [5.74, 6) is -0.392. The van der Waals surface area contributed by atoms with Gasteiger partial charge in [0.15, 0.2) is 6.17 Å². The Bertz CT molecular complexity index is 748. The molecule has 3 aliphatic rings. The molecule has 3 aliphatic heterocycles. The van der Waals surface area contributed by atoms with Crippen LogP contribution in [0.1, 0.15) is 18.4 Å². The number of nitrogens with zero attached hydrogens (tertiary/aromatic N) is 3. The summed E-state index contributed by atoms with van der Waals surface area (Å²) in [4.78, 5) is 17.1. The van der Waals surface area contributed by atoms with Gasteiger partial charge in [-0.3, -0.25) is 9.80 Å². The Balaban J connectivity index is 1.55. The van der Waals surface area contributed by atoms with Crippen molar-refractivity contribution in [3.63, 3.8) is 0 Å². The summed E-state index contributed by atoms with van der Waals surface area (Å²) >= 11 is 5.83. The lowest BCUT2D eigenvalue weighted by Crippen LogP contribution is -2.51. The van der Waals surface area contributed by atoms with Gasteiger partial charge in [-0.25, -0.2) is 9.38 Å². The third kappa shape index (κ3) is 3.26. The van der Waals surface area contributed by atoms with E-state index >= 15 is 0 Å². The molecule has 4 rings (SSSR count). The van der Waals surface area contributed by atoms with Gasteiger partial charge < -0.3 is 10.1 Å². The van der Waals surface area contributed by atoms with Crippen molar-refractivity contribution in [2.24, 2.45) is 16.0 Å². The molecular weight excluding hydrogens is 347 g/mol. The molecule has 0 aromatic heterocycles. The van der Waals surface area contributed by atoms with Gasteiger partial charge in [-0.05, 0) is 30.5 Å². The van der Waals surface area contributed by atoms with Gasteiger partial charge in [-0.2, -0.15) is 5.10 Å². The van der Waals surface area contributed by atoms with Crippen molar-refractivity contribution in [1.29, 1.82) is 0 Å². The van der Waals surface area contributed by atoms with Gasteiger partial charge in [0.2, 0.25) is 5.91 Å². The smallest absolute Gasteiger partial charge is 0.238 e. The minimum Gasteiger partial charge on any atom is -0.381 e. The van der Waals surface area contributed by atoms with Crippen LogP contribution < -0.4 is 5.32 Å². The molecular formula is C17H18ClFN4O2. The second kappa shape index (κ2) is 6.72. The van der Waals surface area contributed by atoms with E-state index in [1.54, 1.807) is 18.3 Å². The van der Waals surface area contributed by atoms with E-state index in [9.17, 15) is 9.18 Å². The lowest BCUT2D eigenvalue weighted by Gasteiger charge is -2.35. The molecule has 132 valence electrons. The summed E-state index contributed by atoms with van der Waals surface area (Å²) in [6, 6.07) is 4.75. The van der Waals surface area contributed by atoms with Crippen LogP contribution >= 0.6 is 11.6 Å². The van der Waals surface area contributed by atoms with Crippen molar-refractivity contribution >= 4 is 29.6 Å². The minimum absolute atomic E-state index is 0.0612. The van der Waals surface area contributed by atoms with Crippen LogP contribution in [0.2, 0.25) is 5.02 Å². The zero-order valence-electron chi connectivity index (χ0n) is 13.5. The number of carbonyl (C=O) groups excluding carboxylic acids is 1. The van der Waals surface area contributed by atoms with Gasteiger partial charge in [-0.15, -0.1) is 0 Å². The van der Waals surface area contributed by atoms with E-state index in [1.807, 2.05) is 5.01 Å². The van der Waals surface area contributed by atoms with Gasteiger partial charge in [-0.1, -0.05) is 17.7 Å². The molecule has 8 heteroatoms. The van der Waals surface area contributed by atoms with Crippen LogP contribution in [0.25, 0.3) is 0 Å². The lowest BCUT2D eigenvalue weighted by molar-refractivity contribution is -0.123. The maximum atomic E-state index is 13.3. The zero-order chi connectivity index (χ0) is 17.4. The largest absolute Gasteiger partial charge is 0.381 e. The highest BCUT2D eigenvalue weighted by Crippen LogP contribution is 2.28. The fourth-order valence-electron chi connectivity index (χ4n) is 3.41. The number of amides is 1. The molecule has 2 unspecified atom stereocenters. The number of fused-ring (bicyclic) bond motifs is 1. The average Bonchev–Trinajstić information content (AvgIpc) is 3.03. The van der Waals surface area contributed by atoms with E-state index < -0.39 is 5.82 Å². The van der Waals surface area contributed by atoms with Crippen LogP contribution in [-0.2, 0) is 16.0 Å². The highest BCUT2D eigenvalue weighted by atomic mass is 35.5. The summed E-state index contributed by atoms with van der Waals surface area (Å²) in [6.45, 7) is 1.40. The predicted octanol–water partition coefficient (Wildman–Crippen LogP) is 1.97. The van der Waals surface area contributed by atoms with Gasteiger partial charge in [0.1, 0.15) is 17.6 Å². The number of benzene rings is 1. The second-order valence-corrected chi connectivity index (χ2v) is 6.82. The fraction of sp³-hybridized carbons (Fsp3) is 0.471. The minimum atomic E-state index is -0.463. The molecule has 2 atom stereocenters. The van der Waals surface area contributed by atoms with Crippen molar-refractivity contribution in [2.75, 3.05) is 13.2 Å².